The van der Waals surface area contributed by atoms with Gasteiger partial charge in [-0.15, -0.1) is 0 Å². The summed E-state index contributed by atoms with van der Waals surface area (Å²) in [5.41, 5.74) is 2.92. The molecule has 1 aliphatic rings. The van der Waals surface area contributed by atoms with Gasteiger partial charge in [-0.05, 0) is 48.4 Å². The Morgan fingerprint density at radius 1 is 1.00 bits per heavy atom. The Balaban J connectivity index is 1.71. The highest BCUT2D eigenvalue weighted by molar-refractivity contribution is 5.94. The zero-order chi connectivity index (χ0) is 21.0. The van der Waals surface area contributed by atoms with E-state index in [1.54, 1.807) is 7.11 Å². The van der Waals surface area contributed by atoms with Crippen LogP contribution in [0.5, 0.6) is 11.5 Å². The summed E-state index contributed by atoms with van der Waals surface area (Å²) in [7, 11) is 3.72. The van der Waals surface area contributed by atoms with Gasteiger partial charge in [-0.3, -0.25) is 4.79 Å². The van der Waals surface area contributed by atoms with E-state index < -0.39 is 0 Å². The Morgan fingerprint density at radius 3 is 2.24 bits per heavy atom. The first-order chi connectivity index (χ1) is 13.8. The molecule has 1 saturated heterocycles. The van der Waals surface area contributed by atoms with E-state index in [9.17, 15) is 4.79 Å². The van der Waals surface area contributed by atoms with Crippen molar-refractivity contribution in [3.05, 3.63) is 59.2 Å². The molecule has 0 aliphatic carbocycles. The van der Waals surface area contributed by atoms with E-state index in [0.29, 0.717) is 12.2 Å². The number of carbonyl (C=O) groups excluding carboxylic acids is 1. The predicted molar refractivity (Wildman–Crippen MR) is 116 cm³/mol. The van der Waals surface area contributed by atoms with E-state index in [1.807, 2.05) is 35.2 Å². The zero-order valence-electron chi connectivity index (χ0n) is 18.2. The third-order valence-electron chi connectivity index (χ3n) is 5.43. The number of piperazine rings is 1. The Bertz CT molecular complexity index is 832. The molecule has 0 radical (unpaired) electrons. The van der Waals surface area contributed by atoms with Gasteiger partial charge in [0.05, 0.1) is 7.11 Å². The van der Waals surface area contributed by atoms with E-state index >= 15 is 0 Å². The second-order valence-electron chi connectivity index (χ2n) is 8.69. The van der Waals surface area contributed by atoms with Gasteiger partial charge in [-0.1, -0.05) is 32.9 Å². The first kappa shape index (κ1) is 21.2. The fourth-order valence-electron chi connectivity index (χ4n) is 3.43. The van der Waals surface area contributed by atoms with Gasteiger partial charge in [0.15, 0.2) is 0 Å². The molecule has 1 aliphatic heterocycles. The number of carbonyl (C=O) groups is 1. The minimum Gasteiger partial charge on any atom is -0.496 e. The highest BCUT2D eigenvalue weighted by atomic mass is 16.5. The molecule has 2 aromatic carbocycles. The molecule has 1 heterocycles. The van der Waals surface area contributed by atoms with Crippen molar-refractivity contribution in [2.75, 3.05) is 40.3 Å². The van der Waals surface area contributed by atoms with Crippen LogP contribution in [0.25, 0.3) is 0 Å². The molecule has 1 amide bonds. The third-order valence-corrected chi connectivity index (χ3v) is 5.43. The molecule has 0 spiro atoms. The number of ether oxygens (including phenoxy) is 2. The standard InChI is InChI=1S/C24H32N2O3/c1-24(2,3)20-7-9-21(10-8-20)29-17-19-16-18(6-11-22(19)28-5)23(27)26-14-12-25(4)13-15-26/h6-11,16H,12-15,17H2,1-5H3. The first-order valence-corrected chi connectivity index (χ1v) is 10.2. The zero-order valence-corrected chi connectivity index (χ0v) is 18.2. The van der Waals surface area contributed by atoms with Gasteiger partial charge < -0.3 is 19.3 Å². The molecule has 0 atom stereocenters. The van der Waals surface area contributed by atoms with Crippen LogP contribution in [0, 0.1) is 0 Å². The SMILES string of the molecule is COc1ccc(C(=O)N2CCN(C)CC2)cc1COc1ccc(C(C)(C)C)cc1. The summed E-state index contributed by atoms with van der Waals surface area (Å²) in [6.07, 6.45) is 0. The first-order valence-electron chi connectivity index (χ1n) is 10.2. The minimum absolute atomic E-state index is 0.0662. The van der Waals surface area contributed by atoms with E-state index in [2.05, 4.69) is 44.9 Å². The number of methoxy groups -OCH3 is 1. The van der Waals surface area contributed by atoms with E-state index in [4.69, 9.17) is 9.47 Å². The largest absolute Gasteiger partial charge is 0.496 e. The van der Waals surface area contributed by atoms with Gasteiger partial charge in [0.2, 0.25) is 0 Å². The molecule has 0 bridgehead atoms. The van der Waals surface area contributed by atoms with Crippen LogP contribution in [0.4, 0.5) is 0 Å². The van der Waals surface area contributed by atoms with Gasteiger partial charge in [0.1, 0.15) is 18.1 Å². The van der Waals surface area contributed by atoms with Crippen molar-refractivity contribution in [3.8, 4) is 11.5 Å². The molecule has 2 aromatic rings. The van der Waals surface area contributed by atoms with Crippen molar-refractivity contribution in [3.63, 3.8) is 0 Å². The Hall–Kier alpha value is -2.53. The molecule has 3 rings (SSSR count). The molecular formula is C24H32N2O3. The van der Waals surface area contributed by atoms with Crippen molar-refractivity contribution in [1.82, 2.24) is 9.80 Å². The second kappa shape index (κ2) is 8.87. The number of amides is 1. The molecule has 5 nitrogen and oxygen atoms in total. The third kappa shape index (κ3) is 5.30. The van der Waals surface area contributed by atoms with Crippen molar-refractivity contribution < 1.29 is 14.3 Å². The highest BCUT2D eigenvalue weighted by Crippen LogP contribution is 2.26. The minimum atomic E-state index is 0.0662. The van der Waals surface area contributed by atoms with Crippen molar-refractivity contribution in [2.45, 2.75) is 32.8 Å². The average Bonchev–Trinajstić information content (AvgIpc) is 2.71. The Kier molecular flexibility index (Phi) is 6.48. The normalized spacial score (nSPS) is 15.3. The van der Waals surface area contributed by atoms with Crippen molar-refractivity contribution in [2.24, 2.45) is 0 Å². The van der Waals surface area contributed by atoms with Gasteiger partial charge in [-0.2, -0.15) is 0 Å². The van der Waals surface area contributed by atoms with Crippen LogP contribution in [0.3, 0.4) is 0 Å². The highest BCUT2D eigenvalue weighted by Gasteiger charge is 2.21. The van der Waals surface area contributed by atoms with Crippen LogP contribution in [0.1, 0.15) is 42.3 Å². The fourth-order valence-corrected chi connectivity index (χ4v) is 3.43. The summed E-state index contributed by atoms with van der Waals surface area (Å²) in [5.74, 6) is 1.60. The number of hydrogen-bond donors (Lipinski definition) is 0. The number of hydrogen-bond acceptors (Lipinski definition) is 4. The quantitative estimate of drug-likeness (QED) is 0.767. The number of likely N-dealkylation sites (N-methyl/N-ethyl adjacent to an activating group) is 1. The Morgan fingerprint density at radius 2 is 1.66 bits per heavy atom. The lowest BCUT2D eigenvalue weighted by Gasteiger charge is -2.32. The molecule has 5 heteroatoms. The van der Waals surface area contributed by atoms with Gasteiger partial charge >= 0.3 is 0 Å². The van der Waals surface area contributed by atoms with Crippen LogP contribution in [-0.2, 0) is 12.0 Å². The number of rotatable bonds is 5. The monoisotopic (exact) mass is 396 g/mol. The summed E-state index contributed by atoms with van der Waals surface area (Å²) < 4.78 is 11.5. The number of benzene rings is 2. The summed E-state index contributed by atoms with van der Waals surface area (Å²) in [6.45, 7) is 10.2. The van der Waals surface area contributed by atoms with Gasteiger partial charge in [-0.25, -0.2) is 0 Å². The van der Waals surface area contributed by atoms with Crippen LogP contribution < -0.4 is 9.47 Å². The lowest BCUT2D eigenvalue weighted by Crippen LogP contribution is -2.47. The van der Waals surface area contributed by atoms with Crippen LogP contribution in [0.2, 0.25) is 0 Å². The smallest absolute Gasteiger partial charge is 0.253 e. The summed E-state index contributed by atoms with van der Waals surface area (Å²) in [6, 6.07) is 13.8. The fraction of sp³-hybridized carbons (Fsp3) is 0.458. The average molecular weight is 397 g/mol. The molecule has 0 N–H and O–H groups in total. The van der Waals surface area contributed by atoms with Crippen molar-refractivity contribution >= 4 is 5.91 Å². The number of nitrogens with zero attached hydrogens (tertiary/aromatic N) is 2. The molecule has 0 unspecified atom stereocenters. The predicted octanol–water partition coefficient (Wildman–Crippen LogP) is 3.96. The van der Waals surface area contributed by atoms with Crippen molar-refractivity contribution in [1.29, 1.82) is 0 Å². The lowest BCUT2D eigenvalue weighted by atomic mass is 9.87. The molecule has 156 valence electrons. The summed E-state index contributed by atoms with van der Waals surface area (Å²) >= 11 is 0. The van der Waals surface area contributed by atoms with E-state index in [0.717, 1.165) is 43.2 Å². The van der Waals surface area contributed by atoms with Crippen LogP contribution in [0.15, 0.2) is 42.5 Å². The second-order valence-corrected chi connectivity index (χ2v) is 8.69. The molecule has 1 fully saturated rings. The van der Waals surface area contributed by atoms with Crippen LogP contribution >= 0.6 is 0 Å². The molecule has 29 heavy (non-hydrogen) atoms. The maximum atomic E-state index is 12.9. The molecular weight excluding hydrogens is 364 g/mol. The lowest BCUT2D eigenvalue weighted by molar-refractivity contribution is 0.0664. The molecule has 0 aromatic heterocycles. The maximum Gasteiger partial charge on any atom is 0.253 e. The Labute approximate surface area is 174 Å². The van der Waals surface area contributed by atoms with Crippen LogP contribution in [-0.4, -0.2) is 56.0 Å². The van der Waals surface area contributed by atoms with E-state index in [-0.39, 0.29) is 11.3 Å². The molecule has 0 saturated carbocycles. The van der Waals surface area contributed by atoms with E-state index in [1.165, 1.54) is 5.56 Å². The van der Waals surface area contributed by atoms with Gasteiger partial charge in [0, 0.05) is 37.3 Å². The summed E-state index contributed by atoms with van der Waals surface area (Å²) in [4.78, 5) is 17.0. The maximum absolute atomic E-state index is 12.9. The summed E-state index contributed by atoms with van der Waals surface area (Å²) in [5, 5.41) is 0. The topological polar surface area (TPSA) is 42.0 Å². The van der Waals surface area contributed by atoms with Gasteiger partial charge in [0.25, 0.3) is 5.91 Å².